The molecule has 3 rings (SSSR count). The Balaban J connectivity index is 1.60. The predicted octanol–water partition coefficient (Wildman–Crippen LogP) is 11.6. The van der Waals surface area contributed by atoms with Crippen LogP contribution < -0.4 is 0 Å². The number of rotatable bonds is 42. The first-order chi connectivity index (χ1) is 35.1. The highest BCUT2D eigenvalue weighted by atomic mass is 32.3. The number of esters is 1. The van der Waals surface area contributed by atoms with Crippen molar-refractivity contribution in [3.63, 3.8) is 0 Å². The van der Waals surface area contributed by atoms with E-state index in [-0.39, 0.29) is 18.3 Å². The van der Waals surface area contributed by atoms with Crippen molar-refractivity contribution in [2.24, 2.45) is 17.8 Å². The topological polar surface area (TPSA) is 226 Å². The highest BCUT2D eigenvalue weighted by Crippen LogP contribution is 2.38. The number of hydrogen-bond donors (Lipinski definition) is 5. The summed E-state index contributed by atoms with van der Waals surface area (Å²) in [6, 6.07) is 0. The summed E-state index contributed by atoms with van der Waals surface area (Å²) in [5.74, 6) is 0.848. The molecule has 0 saturated carbocycles. The molecule has 0 amide bonds. The van der Waals surface area contributed by atoms with Crippen LogP contribution in [0.2, 0.25) is 0 Å². The maximum Gasteiger partial charge on any atom is 0.397 e. The maximum atomic E-state index is 13.6. The minimum atomic E-state index is -5.25. The number of aliphatic hydroxyl groups excluding tert-OH is 4. The molecule has 0 unspecified atom stereocenters. The van der Waals surface area contributed by atoms with Gasteiger partial charge in [0.2, 0.25) is 6.29 Å². The van der Waals surface area contributed by atoms with Crippen LogP contribution in [0.1, 0.15) is 247 Å². The van der Waals surface area contributed by atoms with Crippen molar-refractivity contribution in [2.45, 2.75) is 308 Å². The fourth-order valence-corrected chi connectivity index (χ4v) is 11.4. The molecule has 3 heterocycles. The Morgan fingerprint density at radius 2 is 1.04 bits per heavy atom. The van der Waals surface area contributed by atoms with E-state index < -0.39 is 91.0 Å². The molecule has 0 radical (unpaired) electrons. The lowest BCUT2D eigenvalue weighted by atomic mass is 9.85. The first-order valence-corrected chi connectivity index (χ1v) is 30.6. The zero-order valence-corrected chi connectivity index (χ0v) is 47.0. The van der Waals surface area contributed by atoms with Gasteiger partial charge in [-0.05, 0) is 50.4 Å². The second-order valence-electron chi connectivity index (χ2n) is 22.2. The van der Waals surface area contributed by atoms with Crippen LogP contribution in [0.15, 0.2) is 11.5 Å². The molecule has 0 bridgehead atoms. The molecule has 3 saturated heterocycles. The van der Waals surface area contributed by atoms with E-state index in [4.69, 9.17) is 37.6 Å². The molecule has 17 heteroatoms. The minimum absolute atomic E-state index is 0.0561. The molecule has 16 nitrogen and oxygen atoms in total. The van der Waals surface area contributed by atoms with Crippen LogP contribution >= 0.6 is 0 Å². The molecule has 430 valence electrons. The number of hydrogen-bond acceptors (Lipinski definition) is 15. The van der Waals surface area contributed by atoms with Gasteiger partial charge >= 0.3 is 22.3 Å². The van der Waals surface area contributed by atoms with Gasteiger partial charge in [0.15, 0.2) is 30.7 Å². The summed E-state index contributed by atoms with van der Waals surface area (Å²) in [5, 5.41) is 41.8. The summed E-state index contributed by atoms with van der Waals surface area (Å²) >= 11 is 0. The van der Waals surface area contributed by atoms with E-state index >= 15 is 0 Å². The van der Waals surface area contributed by atoms with Gasteiger partial charge in [-0.1, -0.05) is 208 Å². The molecule has 3 aliphatic rings. The Kier molecular flexibility index (Phi) is 34.2. The van der Waals surface area contributed by atoms with Gasteiger partial charge in [-0.2, -0.15) is 13.3 Å². The lowest BCUT2D eigenvalue weighted by molar-refractivity contribution is -0.444. The molecule has 5 N–H and O–H groups in total. The summed E-state index contributed by atoms with van der Waals surface area (Å²) in [4.78, 5) is 25.2. The van der Waals surface area contributed by atoms with E-state index in [1.807, 2.05) is 6.92 Å². The Hall–Kier alpha value is -1.64. The monoisotopic (exact) mass is 1060 g/mol. The molecule has 0 aromatic carbocycles. The van der Waals surface area contributed by atoms with Crippen LogP contribution in [-0.4, -0.2) is 114 Å². The molecular formula is C56H104O16S. The number of aliphatic hydroxyl groups is 4. The zero-order valence-electron chi connectivity index (χ0n) is 46.2. The second-order valence-corrected chi connectivity index (χ2v) is 23.2. The third-order valence-electron chi connectivity index (χ3n) is 15.0. The molecular weight excluding hydrogens is 961 g/mol. The fraction of sp³-hybridized carbons (Fsp3) is 0.946. The zero-order chi connectivity index (χ0) is 53.4. The minimum Gasteiger partial charge on any atom is -0.453 e. The van der Waals surface area contributed by atoms with E-state index in [0.717, 1.165) is 44.1 Å². The molecule has 3 fully saturated rings. The molecule has 0 aromatic heterocycles. The van der Waals surface area contributed by atoms with Gasteiger partial charge in [0, 0.05) is 12.0 Å². The van der Waals surface area contributed by atoms with Crippen molar-refractivity contribution in [1.29, 1.82) is 0 Å². The Bertz CT molecular complexity index is 1570. The maximum absolute atomic E-state index is 13.6. The first kappa shape index (κ1) is 65.6. The predicted molar refractivity (Wildman–Crippen MR) is 281 cm³/mol. The summed E-state index contributed by atoms with van der Waals surface area (Å²) in [6.07, 6.45) is 21.8. The quantitative estimate of drug-likeness (QED) is 0.0166. The van der Waals surface area contributed by atoms with Crippen molar-refractivity contribution >= 4 is 16.4 Å². The van der Waals surface area contributed by atoms with Crippen LogP contribution in [0.5, 0.6) is 0 Å². The van der Waals surface area contributed by atoms with Crippen molar-refractivity contribution in [3.05, 3.63) is 11.5 Å². The Morgan fingerprint density at radius 1 is 0.589 bits per heavy atom. The van der Waals surface area contributed by atoms with Crippen LogP contribution in [-0.2, 0) is 52.8 Å². The first-order valence-electron chi connectivity index (χ1n) is 29.2. The van der Waals surface area contributed by atoms with Gasteiger partial charge in [-0.15, -0.1) is 0 Å². The fourth-order valence-electron chi connectivity index (χ4n) is 10.9. The van der Waals surface area contributed by atoms with Crippen LogP contribution in [0.4, 0.5) is 0 Å². The third-order valence-corrected chi connectivity index (χ3v) is 15.5. The average Bonchev–Trinajstić information content (AvgIpc) is 3.35. The summed E-state index contributed by atoms with van der Waals surface area (Å²) in [7, 11) is -5.25. The largest absolute Gasteiger partial charge is 0.453 e. The van der Waals surface area contributed by atoms with Crippen molar-refractivity contribution in [2.75, 3.05) is 13.2 Å². The number of carbonyl (C=O) groups is 1. The van der Waals surface area contributed by atoms with Gasteiger partial charge in [-0.25, -0.2) is 4.18 Å². The SMILES string of the molecule is CCCCCCCCCCCCCCCC[C@H](C)C[C@H](C)C[C@H](C)C/C(C)=C1/OO[C@H]2[C@H](O1)[C@@H](OC(=O)CCCCCCCCCCCCCCC)[C@@H](O[C@H]1O[C@H](CO)[C@@H](O)[C@H](O)[C@H]1OS(=O)(=O)O)O[C@@H]2CO. The highest BCUT2D eigenvalue weighted by Gasteiger charge is 2.57. The Labute approximate surface area is 441 Å². The lowest BCUT2D eigenvalue weighted by Gasteiger charge is -2.48. The number of fused-ring (bicyclic) bond motifs is 1. The second kappa shape index (κ2) is 38.0. The van der Waals surface area contributed by atoms with Gasteiger partial charge in [0.05, 0.1) is 13.2 Å². The van der Waals surface area contributed by atoms with E-state index in [1.165, 1.54) is 148 Å². The van der Waals surface area contributed by atoms with Crippen LogP contribution in [0.3, 0.4) is 0 Å². The van der Waals surface area contributed by atoms with Crippen LogP contribution in [0, 0.1) is 17.8 Å². The number of carbonyl (C=O) groups excluding carboxylic acids is 1. The molecule has 0 spiro atoms. The third kappa shape index (κ3) is 26.5. The van der Waals surface area contributed by atoms with E-state index in [9.17, 15) is 38.2 Å². The van der Waals surface area contributed by atoms with Crippen LogP contribution in [0.25, 0.3) is 0 Å². The molecule has 3 aliphatic heterocycles. The van der Waals surface area contributed by atoms with Gasteiger partial charge in [0.1, 0.15) is 24.4 Å². The summed E-state index contributed by atoms with van der Waals surface area (Å²) < 4.78 is 68.3. The number of unbranched alkanes of at least 4 members (excludes halogenated alkanes) is 25. The molecule has 13 atom stereocenters. The Morgan fingerprint density at radius 3 is 1.53 bits per heavy atom. The number of ether oxygens (including phenoxy) is 5. The molecule has 0 aromatic rings. The van der Waals surface area contributed by atoms with E-state index in [1.54, 1.807) is 0 Å². The van der Waals surface area contributed by atoms with Gasteiger partial charge in [-0.3, -0.25) is 14.2 Å². The summed E-state index contributed by atoms with van der Waals surface area (Å²) in [5.41, 5.74) is 0.746. The molecule has 73 heavy (non-hydrogen) atoms. The number of allylic oxidation sites excluding steroid dienone is 1. The van der Waals surface area contributed by atoms with Gasteiger partial charge < -0.3 is 44.1 Å². The normalized spacial score (nSPS) is 27.4. The standard InChI is InChI=1S/C56H104O16S/c1-7-9-11-13-15-17-19-21-23-24-26-28-30-32-34-41(3)36-42(4)37-43(5)38-44(6)54-68-52-50(70-71-54)46(40-58)66-56(69-55-51(72-73(62,63)64)49(61)48(60)45(39-57)65-55)53(52)67-47(59)35-33-31-29-27-25-22-20-18-16-14-12-10-8-2/h41-43,45-46,48-53,55-58,60-61H,7-40H2,1-6H3,(H,62,63,64)/b54-44+/t41-,42-,43-,45+,46+,48+,49-,50+,51+,52-,53+,55+,56+/m0/s1. The van der Waals surface area contributed by atoms with Gasteiger partial charge in [0.25, 0.3) is 0 Å². The van der Waals surface area contributed by atoms with Crippen molar-refractivity contribution in [3.8, 4) is 0 Å². The molecule has 0 aliphatic carbocycles. The lowest BCUT2D eigenvalue weighted by Crippen LogP contribution is -2.66. The smallest absolute Gasteiger partial charge is 0.397 e. The summed E-state index contributed by atoms with van der Waals surface area (Å²) in [6.45, 7) is 11.8. The van der Waals surface area contributed by atoms with Crippen molar-refractivity contribution < 1.29 is 75.8 Å². The average molecular weight is 1070 g/mol. The van der Waals surface area contributed by atoms with E-state index in [0.29, 0.717) is 24.7 Å². The van der Waals surface area contributed by atoms with E-state index in [2.05, 4.69) is 34.6 Å². The van der Waals surface area contributed by atoms with Crippen molar-refractivity contribution in [1.82, 2.24) is 0 Å². The highest BCUT2D eigenvalue weighted by molar-refractivity contribution is 7.80.